The molecule has 0 spiro atoms. The number of hydrogen-bond acceptors (Lipinski definition) is 3. The number of aryl methyl sites for hydroxylation is 1. The molecule has 0 N–H and O–H groups in total. The Morgan fingerprint density at radius 2 is 2.06 bits per heavy atom. The molecule has 2 rings (SSSR count). The van der Waals surface area contributed by atoms with E-state index in [2.05, 4.69) is 0 Å². The van der Waals surface area contributed by atoms with E-state index in [1.165, 1.54) is 0 Å². The molecule has 1 aliphatic heterocycles. The highest BCUT2D eigenvalue weighted by Crippen LogP contribution is 2.21. The van der Waals surface area contributed by atoms with Gasteiger partial charge in [0.15, 0.2) is 9.84 Å². The van der Waals surface area contributed by atoms with Gasteiger partial charge in [0.05, 0.1) is 11.5 Å². The van der Waals surface area contributed by atoms with Gasteiger partial charge in [-0.1, -0.05) is 24.3 Å². The van der Waals surface area contributed by atoms with Gasteiger partial charge in [0.2, 0.25) is 0 Å². The fraction of sp³-hybridized carbons (Fsp3) is 0.462. The Kier molecular flexibility index (Phi) is 3.33. The van der Waals surface area contributed by atoms with Crippen molar-refractivity contribution < 1.29 is 13.2 Å². The summed E-state index contributed by atoms with van der Waals surface area (Å²) in [6.07, 6.45) is 0.847. The zero-order valence-electron chi connectivity index (χ0n) is 9.85. The smallest absolute Gasteiger partial charge is 0.151 e. The molecule has 17 heavy (non-hydrogen) atoms. The molecule has 1 atom stereocenters. The predicted octanol–water partition coefficient (Wildman–Crippen LogP) is 1.54. The molecule has 1 heterocycles. The Morgan fingerprint density at radius 3 is 2.65 bits per heavy atom. The number of hydrogen-bond donors (Lipinski definition) is 0. The normalized spacial score (nSPS) is 22.5. The van der Waals surface area contributed by atoms with Crippen molar-refractivity contribution >= 4 is 15.6 Å². The van der Waals surface area contributed by atoms with Gasteiger partial charge in [-0.05, 0) is 24.5 Å². The maximum absolute atomic E-state index is 12.0. The second kappa shape index (κ2) is 4.61. The number of sulfone groups is 1. The van der Waals surface area contributed by atoms with Crippen molar-refractivity contribution in [1.29, 1.82) is 0 Å². The third kappa shape index (κ3) is 2.94. The van der Waals surface area contributed by atoms with Crippen LogP contribution < -0.4 is 0 Å². The van der Waals surface area contributed by atoms with E-state index in [9.17, 15) is 13.2 Å². The first-order valence-corrected chi connectivity index (χ1v) is 7.58. The lowest BCUT2D eigenvalue weighted by Gasteiger charge is -2.08. The number of carbonyl (C=O) groups excluding carboxylic acids is 1. The van der Waals surface area contributed by atoms with E-state index in [-0.39, 0.29) is 23.2 Å². The predicted molar refractivity (Wildman–Crippen MR) is 66.7 cm³/mol. The van der Waals surface area contributed by atoms with Crippen LogP contribution in [0.2, 0.25) is 0 Å². The first-order valence-electron chi connectivity index (χ1n) is 5.75. The van der Waals surface area contributed by atoms with Crippen molar-refractivity contribution in [3.63, 3.8) is 0 Å². The molecule has 1 aliphatic rings. The van der Waals surface area contributed by atoms with Crippen molar-refractivity contribution in [2.45, 2.75) is 19.8 Å². The van der Waals surface area contributed by atoms with Crippen molar-refractivity contribution in [2.75, 3.05) is 11.5 Å². The Bertz CT molecular complexity index is 531. The number of carbonyl (C=O) groups is 1. The molecular weight excluding hydrogens is 236 g/mol. The van der Waals surface area contributed by atoms with Gasteiger partial charge in [-0.2, -0.15) is 0 Å². The molecule has 1 unspecified atom stereocenters. The second-order valence-electron chi connectivity index (χ2n) is 4.67. The molecule has 0 amide bonds. The molecule has 4 heteroatoms. The maximum Gasteiger partial charge on any atom is 0.151 e. The zero-order chi connectivity index (χ0) is 12.5. The minimum Gasteiger partial charge on any atom is -0.299 e. The number of rotatable bonds is 3. The first-order chi connectivity index (χ1) is 7.98. The average Bonchev–Trinajstić information content (AvgIpc) is 2.62. The Morgan fingerprint density at radius 1 is 1.35 bits per heavy atom. The Labute approximate surface area is 102 Å². The highest BCUT2D eigenvalue weighted by atomic mass is 32.2. The molecule has 3 nitrogen and oxygen atoms in total. The molecule has 1 fully saturated rings. The van der Waals surface area contributed by atoms with E-state index in [0.29, 0.717) is 12.8 Å². The summed E-state index contributed by atoms with van der Waals surface area (Å²) in [4.78, 5) is 12.0. The van der Waals surface area contributed by atoms with Crippen LogP contribution in [0.3, 0.4) is 0 Å². The molecule has 1 aromatic rings. The van der Waals surface area contributed by atoms with Crippen molar-refractivity contribution in [3.8, 4) is 0 Å². The summed E-state index contributed by atoms with van der Waals surface area (Å²) in [5.41, 5.74) is 2.09. The number of ketones is 1. The van der Waals surface area contributed by atoms with Crippen molar-refractivity contribution in [1.82, 2.24) is 0 Å². The van der Waals surface area contributed by atoms with Crippen LogP contribution in [0.5, 0.6) is 0 Å². The summed E-state index contributed by atoms with van der Waals surface area (Å²) in [5, 5.41) is 0. The summed E-state index contributed by atoms with van der Waals surface area (Å²) >= 11 is 0. The Hall–Kier alpha value is -1.16. The molecule has 92 valence electrons. The van der Waals surface area contributed by atoms with E-state index >= 15 is 0 Å². The molecule has 0 saturated carbocycles. The topological polar surface area (TPSA) is 51.2 Å². The van der Waals surface area contributed by atoms with Gasteiger partial charge in [-0.25, -0.2) is 8.42 Å². The molecule has 0 bridgehead atoms. The van der Waals surface area contributed by atoms with Crippen LogP contribution in [0.15, 0.2) is 24.3 Å². The Balaban J connectivity index is 2.06. The fourth-order valence-corrected chi connectivity index (χ4v) is 3.97. The van der Waals surface area contributed by atoms with E-state index in [1.807, 2.05) is 31.2 Å². The largest absolute Gasteiger partial charge is 0.299 e. The van der Waals surface area contributed by atoms with Crippen LogP contribution in [-0.4, -0.2) is 25.7 Å². The van der Waals surface area contributed by atoms with Gasteiger partial charge >= 0.3 is 0 Å². The molecule has 0 aliphatic carbocycles. The molecule has 0 aromatic heterocycles. The molecule has 1 saturated heterocycles. The third-order valence-corrected chi connectivity index (χ3v) is 5.08. The average molecular weight is 252 g/mol. The lowest BCUT2D eigenvalue weighted by molar-refractivity contribution is -0.121. The lowest BCUT2D eigenvalue weighted by atomic mass is 9.95. The van der Waals surface area contributed by atoms with Crippen LogP contribution in [0.4, 0.5) is 0 Å². The second-order valence-corrected chi connectivity index (χ2v) is 6.90. The number of benzene rings is 1. The minimum atomic E-state index is -2.96. The van der Waals surface area contributed by atoms with Crippen LogP contribution in [0, 0.1) is 12.8 Å². The summed E-state index contributed by atoms with van der Waals surface area (Å²) in [5.74, 6) is -0.0329. The summed E-state index contributed by atoms with van der Waals surface area (Å²) in [6, 6.07) is 7.73. The van der Waals surface area contributed by atoms with Crippen LogP contribution in [-0.2, 0) is 21.1 Å². The van der Waals surface area contributed by atoms with Crippen molar-refractivity contribution in [3.05, 3.63) is 35.4 Å². The van der Waals surface area contributed by atoms with E-state index < -0.39 is 9.84 Å². The SMILES string of the molecule is Cc1ccccc1CC(=O)C1CCS(=O)(=O)C1. The van der Waals surface area contributed by atoms with Gasteiger partial charge in [0, 0.05) is 12.3 Å². The summed E-state index contributed by atoms with van der Waals surface area (Å²) in [6.45, 7) is 1.97. The van der Waals surface area contributed by atoms with Gasteiger partial charge in [0.25, 0.3) is 0 Å². The third-order valence-electron chi connectivity index (χ3n) is 3.31. The molecule has 1 aromatic carbocycles. The fourth-order valence-electron chi connectivity index (χ4n) is 2.19. The first kappa shape index (κ1) is 12.3. The van der Waals surface area contributed by atoms with E-state index in [0.717, 1.165) is 11.1 Å². The van der Waals surface area contributed by atoms with Crippen LogP contribution in [0.1, 0.15) is 17.5 Å². The van der Waals surface area contributed by atoms with Crippen molar-refractivity contribution in [2.24, 2.45) is 5.92 Å². The van der Waals surface area contributed by atoms with Gasteiger partial charge < -0.3 is 0 Å². The standard InChI is InChI=1S/C13H16O3S/c1-10-4-2-3-5-11(10)8-13(14)12-6-7-17(15,16)9-12/h2-5,12H,6-9H2,1H3. The summed E-state index contributed by atoms with van der Waals surface area (Å²) < 4.78 is 22.6. The quantitative estimate of drug-likeness (QED) is 0.820. The zero-order valence-corrected chi connectivity index (χ0v) is 10.7. The van der Waals surface area contributed by atoms with E-state index in [4.69, 9.17) is 0 Å². The van der Waals surface area contributed by atoms with Crippen LogP contribution >= 0.6 is 0 Å². The van der Waals surface area contributed by atoms with E-state index in [1.54, 1.807) is 0 Å². The monoisotopic (exact) mass is 252 g/mol. The van der Waals surface area contributed by atoms with Gasteiger partial charge in [-0.15, -0.1) is 0 Å². The lowest BCUT2D eigenvalue weighted by Crippen LogP contribution is -2.18. The van der Waals surface area contributed by atoms with Gasteiger partial charge in [-0.3, -0.25) is 4.79 Å². The van der Waals surface area contributed by atoms with Gasteiger partial charge in [0.1, 0.15) is 5.78 Å². The highest BCUT2D eigenvalue weighted by Gasteiger charge is 2.32. The summed E-state index contributed by atoms with van der Waals surface area (Å²) in [7, 11) is -2.96. The molecular formula is C13H16O3S. The minimum absolute atomic E-state index is 0.0394. The highest BCUT2D eigenvalue weighted by molar-refractivity contribution is 7.91. The maximum atomic E-state index is 12.0. The molecule has 0 radical (unpaired) electrons. The van der Waals surface area contributed by atoms with Crippen LogP contribution in [0.25, 0.3) is 0 Å². The number of Topliss-reactive ketones (excluding diaryl/α,β-unsaturated/α-hetero) is 1.